The summed E-state index contributed by atoms with van der Waals surface area (Å²) in [6.07, 6.45) is 49.1. The number of carbonyl (C=O) groups is 1. The second kappa shape index (κ2) is 41.4. The van der Waals surface area contributed by atoms with E-state index < -0.39 is 20.0 Å². The molecule has 0 aromatic carbocycles. The van der Waals surface area contributed by atoms with Crippen molar-refractivity contribution in [2.75, 3.05) is 19.8 Å². The number of rotatable bonds is 42. The molecule has 0 aliphatic carbocycles. The Morgan fingerprint density at radius 3 is 1.43 bits per heavy atom. The molecule has 5 N–H and O–H groups in total. The zero-order valence-corrected chi connectivity index (χ0v) is 36.1. The standard InChI is InChI=1S/C45H87N2O6P/c1-3-5-7-9-11-13-15-17-19-21-23-25-27-29-31-33-35-37-39-45(49)47-43(42-53-54(50,51)52-41-40-46)44(48)38-36-34-32-30-28-26-24-22-20-18-16-14-12-10-8-6-4-2/h19,21,28,30,36,38,43-44,48H,3-18,20,22-27,29,31-35,37,39-42,46H2,1-2H3,(H,47,49)(H,50,51)/b21-19-,30-28+,38-36+. The van der Waals surface area contributed by atoms with Gasteiger partial charge in [-0.3, -0.25) is 13.8 Å². The predicted molar refractivity (Wildman–Crippen MR) is 231 cm³/mol. The molecule has 0 bridgehead atoms. The molecule has 3 unspecified atom stereocenters. The van der Waals surface area contributed by atoms with E-state index in [9.17, 15) is 19.4 Å². The van der Waals surface area contributed by atoms with Crippen LogP contribution < -0.4 is 11.1 Å². The number of amides is 1. The molecule has 9 heteroatoms. The van der Waals surface area contributed by atoms with E-state index >= 15 is 0 Å². The molecule has 0 radical (unpaired) electrons. The Morgan fingerprint density at radius 1 is 0.593 bits per heavy atom. The number of hydrogen-bond acceptors (Lipinski definition) is 6. The highest BCUT2D eigenvalue weighted by Crippen LogP contribution is 2.43. The maximum atomic E-state index is 12.8. The van der Waals surface area contributed by atoms with E-state index in [1.54, 1.807) is 6.08 Å². The second-order valence-corrected chi connectivity index (χ2v) is 16.7. The van der Waals surface area contributed by atoms with Gasteiger partial charge in [0.15, 0.2) is 0 Å². The summed E-state index contributed by atoms with van der Waals surface area (Å²) in [6, 6.07) is -0.878. The second-order valence-electron chi connectivity index (χ2n) is 15.2. The van der Waals surface area contributed by atoms with Crippen LogP contribution in [-0.2, 0) is 18.4 Å². The number of phosphoric ester groups is 1. The van der Waals surface area contributed by atoms with Crippen molar-refractivity contribution in [3.8, 4) is 0 Å². The summed E-state index contributed by atoms with van der Waals surface area (Å²) in [6.45, 7) is 4.12. The van der Waals surface area contributed by atoms with Gasteiger partial charge < -0.3 is 21.1 Å². The third-order valence-corrected chi connectivity index (χ3v) is 10.9. The van der Waals surface area contributed by atoms with Gasteiger partial charge in [0.25, 0.3) is 0 Å². The lowest BCUT2D eigenvalue weighted by atomic mass is 10.1. The monoisotopic (exact) mass is 783 g/mol. The summed E-state index contributed by atoms with van der Waals surface area (Å²) >= 11 is 0. The Labute approximate surface area is 333 Å². The molecule has 0 fully saturated rings. The molecule has 318 valence electrons. The molecule has 8 nitrogen and oxygen atoms in total. The van der Waals surface area contributed by atoms with Crippen LogP contribution in [0.5, 0.6) is 0 Å². The van der Waals surface area contributed by atoms with Gasteiger partial charge in [0, 0.05) is 13.0 Å². The van der Waals surface area contributed by atoms with Gasteiger partial charge in [-0.2, -0.15) is 0 Å². The van der Waals surface area contributed by atoms with Gasteiger partial charge in [0.2, 0.25) is 5.91 Å². The average Bonchev–Trinajstić information content (AvgIpc) is 3.16. The van der Waals surface area contributed by atoms with Crippen molar-refractivity contribution < 1.29 is 28.4 Å². The molecular weight excluding hydrogens is 695 g/mol. The van der Waals surface area contributed by atoms with Crippen molar-refractivity contribution in [3.63, 3.8) is 0 Å². The molecule has 3 atom stereocenters. The van der Waals surface area contributed by atoms with Gasteiger partial charge >= 0.3 is 7.82 Å². The van der Waals surface area contributed by atoms with Gasteiger partial charge in [-0.1, -0.05) is 185 Å². The maximum Gasteiger partial charge on any atom is 0.472 e. The zero-order valence-electron chi connectivity index (χ0n) is 35.2. The average molecular weight is 783 g/mol. The minimum atomic E-state index is -4.35. The maximum absolute atomic E-state index is 12.8. The molecule has 0 aromatic heterocycles. The van der Waals surface area contributed by atoms with E-state index in [1.807, 2.05) is 6.08 Å². The summed E-state index contributed by atoms with van der Waals surface area (Å²) in [7, 11) is -4.35. The topological polar surface area (TPSA) is 131 Å². The van der Waals surface area contributed by atoms with Crippen molar-refractivity contribution in [3.05, 3.63) is 36.5 Å². The highest BCUT2D eigenvalue weighted by atomic mass is 31.2. The van der Waals surface area contributed by atoms with E-state index in [2.05, 4.69) is 43.5 Å². The summed E-state index contributed by atoms with van der Waals surface area (Å²) in [5.41, 5.74) is 5.37. The molecule has 0 saturated heterocycles. The first-order valence-corrected chi connectivity index (χ1v) is 24.1. The van der Waals surface area contributed by atoms with Crippen LogP contribution in [0.3, 0.4) is 0 Å². The number of nitrogens with one attached hydrogen (secondary N) is 1. The Bertz CT molecular complexity index is 943. The van der Waals surface area contributed by atoms with E-state index in [1.165, 1.54) is 154 Å². The molecule has 0 spiro atoms. The van der Waals surface area contributed by atoms with Crippen LogP contribution in [0, 0.1) is 0 Å². The molecule has 0 saturated carbocycles. The quantitative estimate of drug-likeness (QED) is 0.0275. The Morgan fingerprint density at radius 2 is 0.981 bits per heavy atom. The first kappa shape index (κ1) is 52.7. The first-order chi connectivity index (χ1) is 26.4. The molecule has 0 heterocycles. The van der Waals surface area contributed by atoms with E-state index in [0.717, 1.165) is 38.5 Å². The number of hydrogen-bond donors (Lipinski definition) is 4. The molecule has 1 amide bonds. The third kappa shape index (κ3) is 39.0. The third-order valence-electron chi connectivity index (χ3n) is 9.94. The number of aliphatic hydroxyl groups excluding tert-OH is 1. The van der Waals surface area contributed by atoms with Gasteiger partial charge in [-0.25, -0.2) is 4.57 Å². The fraction of sp³-hybridized carbons (Fsp3) is 0.844. The predicted octanol–water partition coefficient (Wildman–Crippen LogP) is 12.7. The van der Waals surface area contributed by atoms with Gasteiger partial charge in [0.05, 0.1) is 25.4 Å². The van der Waals surface area contributed by atoms with E-state index in [0.29, 0.717) is 6.42 Å². The summed E-state index contributed by atoms with van der Waals surface area (Å²) in [5.74, 6) is -0.208. The summed E-state index contributed by atoms with van der Waals surface area (Å²) < 4.78 is 22.1. The van der Waals surface area contributed by atoms with Crippen LogP contribution in [0.4, 0.5) is 0 Å². The minimum absolute atomic E-state index is 0.0734. The molecule has 0 rings (SSSR count). The van der Waals surface area contributed by atoms with Crippen molar-refractivity contribution in [2.45, 2.75) is 225 Å². The van der Waals surface area contributed by atoms with Gasteiger partial charge in [0.1, 0.15) is 0 Å². The number of carbonyl (C=O) groups excluding carboxylic acids is 1. The lowest BCUT2D eigenvalue weighted by Crippen LogP contribution is -2.45. The Kier molecular flexibility index (Phi) is 40.4. The fourth-order valence-electron chi connectivity index (χ4n) is 6.50. The van der Waals surface area contributed by atoms with Crippen molar-refractivity contribution in [2.24, 2.45) is 5.73 Å². The minimum Gasteiger partial charge on any atom is -0.387 e. The highest BCUT2D eigenvalue weighted by molar-refractivity contribution is 7.47. The fourth-order valence-corrected chi connectivity index (χ4v) is 7.26. The molecule has 0 aromatic rings. The Hall–Kier alpha value is -1.28. The molecule has 54 heavy (non-hydrogen) atoms. The largest absolute Gasteiger partial charge is 0.472 e. The zero-order chi connectivity index (χ0) is 39.6. The van der Waals surface area contributed by atoms with Crippen molar-refractivity contribution in [1.82, 2.24) is 5.32 Å². The van der Waals surface area contributed by atoms with E-state index in [4.69, 9.17) is 14.8 Å². The number of nitrogens with two attached hydrogens (primary N) is 1. The number of aliphatic hydroxyl groups is 1. The van der Waals surface area contributed by atoms with Crippen LogP contribution in [0.1, 0.15) is 213 Å². The van der Waals surface area contributed by atoms with Crippen LogP contribution in [0.15, 0.2) is 36.5 Å². The van der Waals surface area contributed by atoms with Crippen molar-refractivity contribution >= 4 is 13.7 Å². The lowest BCUT2D eigenvalue weighted by Gasteiger charge is -2.23. The van der Waals surface area contributed by atoms with Crippen molar-refractivity contribution in [1.29, 1.82) is 0 Å². The SMILES string of the molecule is CCCCCCCCC/C=C\CCCCCCCCCC(=O)NC(COP(=O)(O)OCCN)C(O)/C=C/CC/C=C/CCCCCCCCCCCCC. The lowest BCUT2D eigenvalue weighted by molar-refractivity contribution is -0.123. The van der Waals surface area contributed by atoms with Gasteiger partial charge in [-0.15, -0.1) is 0 Å². The molecular formula is C45H87N2O6P. The van der Waals surface area contributed by atoms with Gasteiger partial charge in [-0.05, 0) is 57.8 Å². The number of allylic oxidation sites excluding steroid dienone is 5. The van der Waals surface area contributed by atoms with Crippen LogP contribution >= 0.6 is 7.82 Å². The van der Waals surface area contributed by atoms with Crippen LogP contribution in [-0.4, -0.2) is 47.8 Å². The van der Waals surface area contributed by atoms with E-state index in [-0.39, 0.29) is 25.7 Å². The Balaban J connectivity index is 4.24. The molecule has 0 aliphatic heterocycles. The number of phosphoric acid groups is 1. The van der Waals surface area contributed by atoms with Crippen LogP contribution in [0.2, 0.25) is 0 Å². The normalized spacial score (nSPS) is 14.4. The van der Waals surface area contributed by atoms with Crippen LogP contribution in [0.25, 0.3) is 0 Å². The smallest absolute Gasteiger partial charge is 0.387 e. The highest BCUT2D eigenvalue weighted by Gasteiger charge is 2.26. The molecule has 0 aliphatic rings. The number of unbranched alkanes of at least 4 members (excludes halogenated alkanes) is 26. The summed E-state index contributed by atoms with van der Waals surface area (Å²) in [4.78, 5) is 22.7. The first-order valence-electron chi connectivity index (χ1n) is 22.6. The summed E-state index contributed by atoms with van der Waals surface area (Å²) in [5, 5.41) is 13.7.